The number of nitro groups is 1. The number of nitrogens with zero attached hydrogens (tertiary/aromatic N) is 1. The highest BCUT2D eigenvalue weighted by atomic mass is 16.8. The van der Waals surface area contributed by atoms with Crippen LogP contribution in [0.5, 0.6) is 0 Å². The van der Waals surface area contributed by atoms with Crippen LogP contribution >= 0.6 is 0 Å². The van der Waals surface area contributed by atoms with Gasteiger partial charge in [-0.1, -0.05) is 60.7 Å². The number of benzene rings is 2. The highest BCUT2D eigenvalue weighted by Crippen LogP contribution is 2.46. The average molecular weight is 441 g/mol. The molecular formula is C24H27NO7. The Hall–Kier alpha value is -2.62. The third-order valence-electron chi connectivity index (χ3n) is 5.47. The second kappa shape index (κ2) is 9.48. The molecule has 0 spiro atoms. The maximum Gasteiger partial charge on any atom is 0.233 e. The molecule has 0 saturated carbocycles. The van der Waals surface area contributed by atoms with E-state index in [1.807, 2.05) is 60.7 Å². The minimum Gasteiger partial charge on any atom is -0.374 e. The van der Waals surface area contributed by atoms with E-state index in [-0.39, 0.29) is 13.2 Å². The van der Waals surface area contributed by atoms with Gasteiger partial charge in [-0.25, -0.2) is 0 Å². The highest BCUT2D eigenvalue weighted by Gasteiger charge is 2.64. The third kappa shape index (κ3) is 5.06. The van der Waals surface area contributed by atoms with Crippen LogP contribution in [0, 0.1) is 10.1 Å². The standard InChI is InChI=1S/C24H27NO7/c1-23(2)31-21-22(32-23)30-20(13-14-25(26)27)24(21,29-16-19-11-7-4-8-12-19)17-28-15-18-9-5-3-6-10-18/h3-14,20-22H,15-17H2,1-2H3/b14-13+/t20-,21+,22-,24+/m1/s1. The molecule has 8 nitrogen and oxygen atoms in total. The zero-order valence-corrected chi connectivity index (χ0v) is 18.1. The van der Waals surface area contributed by atoms with Gasteiger partial charge in [0.05, 0.1) is 24.7 Å². The molecule has 2 aromatic carbocycles. The molecule has 170 valence electrons. The molecule has 0 aromatic heterocycles. The first-order chi connectivity index (χ1) is 15.4. The monoisotopic (exact) mass is 441 g/mol. The molecule has 0 amide bonds. The van der Waals surface area contributed by atoms with Crippen molar-refractivity contribution in [2.24, 2.45) is 0 Å². The van der Waals surface area contributed by atoms with Crippen molar-refractivity contribution in [1.82, 2.24) is 0 Å². The summed E-state index contributed by atoms with van der Waals surface area (Å²) >= 11 is 0. The molecule has 0 unspecified atom stereocenters. The lowest BCUT2D eigenvalue weighted by atomic mass is 9.92. The minimum absolute atomic E-state index is 0.0993. The SMILES string of the molecule is CC1(C)O[C@H]2O[C@H](/C=C/[N+](=O)[O-])[C@](COCc3ccccc3)(OCc3ccccc3)[C@H]2O1. The average Bonchev–Trinajstić information content (AvgIpc) is 3.22. The fourth-order valence-electron chi connectivity index (χ4n) is 4.00. The molecule has 0 bridgehead atoms. The maximum atomic E-state index is 11.0. The van der Waals surface area contributed by atoms with Gasteiger partial charge in [0.1, 0.15) is 12.2 Å². The Bertz CT molecular complexity index is 934. The van der Waals surface area contributed by atoms with Crippen LogP contribution in [-0.4, -0.2) is 41.4 Å². The largest absolute Gasteiger partial charge is 0.374 e. The van der Waals surface area contributed by atoms with E-state index in [2.05, 4.69) is 0 Å². The zero-order chi connectivity index (χ0) is 22.6. The van der Waals surface area contributed by atoms with Gasteiger partial charge in [0, 0.05) is 6.08 Å². The van der Waals surface area contributed by atoms with E-state index >= 15 is 0 Å². The van der Waals surface area contributed by atoms with E-state index in [9.17, 15) is 10.1 Å². The Morgan fingerprint density at radius 2 is 1.62 bits per heavy atom. The summed E-state index contributed by atoms with van der Waals surface area (Å²) in [6, 6.07) is 19.4. The predicted octanol–water partition coefficient (Wildman–Crippen LogP) is 3.83. The molecule has 2 saturated heterocycles. The van der Waals surface area contributed by atoms with Crippen molar-refractivity contribution in [2.75, 3.05) is 6.61 Å². The van der Waals surface area contributed by atoms with Crippen LogP contribution in [0.15, 0.2) is 72.9 Å². The third-order valence-corrected chi connectivity index (χ3v) is 5.47. The van der Waals surface area contributed by atoms with E-state index in [1.54, 1.807) is 13.8 Å². The summed E-state index contributed by atoms with van der Waals surface area (Å²) in [5.41, 5.74) is 0.811. The van der Waals surface area contributed by atoms with Crippen LogP contribution < -0.4 is 0 Å². The first-order valence-corrected chi connectivity index (χ1v) is 10.5. The molecule has 2 aromatic rings. The van der Waals surface area contributed by atoms with Crippen molar-refractivity contribution in [3.63, 3.8) is 0 Å². The Balaban J connectivity index is 1.61. The predicted molar refractivity (Wildman–Crippen MR) is 115 cm³/mol. The summed E-state index contributed by atoms with van der Waals surface area (Å²) in [5, 5.41) is 11.0. The molecule has 32 heavy (non-hydrogen) atoms. The molecule has 2 aliphatic rings. The van der Waals surface area contributed by atoms with Crippen LogP contribution in [0.1, 0.15) is 25.0 Å². The van der Waals surface area contributed by atoms with Crippen LogP contribution in [0.3, 0.4) is 0 Å². The summed E-state index contributed by atoms with van der Waals surface area (Å²) in [5.74, 6) is -0.881. The topological polar surface area (TPSA) is 89.3 Å². The van der Waals surface area contributed by atoms with Gasteiger partial charge in [-0.3, -0.25) is 10.1 Å². The molecule has 0 N–H and O–H groups in total. The van der Waals surface area contributed by atoms with Crippen molar-refractivity contribution in [2.45, 2.75) is 56.9 Å². The smallest absolute Gasteiger partial charge is 0.233 e. The van der Waals surface area contributed by atoms with Crippen LogP contribution in [0.2, 0.25) is 0 Å². The molecular weight excluding hydrogens is 414 g/mol. The number of rotatable bonds is 9. The Labute approximate surface area is 186 Å². The molecule has 4 atom stereocenters. The number of hydrogen-bond acceptors (Lipinski definition) is 7. The van der Waals surface area contributed by atoms with Gasteiger partial charge in [0.15, 0.2) is 17.7 Å². The van der Waals surface area contributed by atoms with Gasteiger partial charge < -0.3 is 23.7 Å². The fourth-order valence-corrected chi connectivity index (χ4v) is 4.00. The highest BCUT2D eigenvalue weighted by molar-refractivity contribution is 5.17. The first kappa shape index (κ1) is 22.6. The minimum atomic E-state index is -1.14. The second-order valence-electron chi connectivity index (χ2n) is 8.32. The van der Waals surface area contributed by atoms with E-state index in [0.29, 0.717) is 6.61 Å². The van der Waals surface area contributed by atoms with E-state index in [4.69, 9.17) is 23.7 Å². The first-order valence-electron chi connectivity index (χ1n) is 10.5. The molecule has 0 radical (unpaired) electrons. The van der Waals surface area contributed by atoms with Gasteiger partial charge in [-0.05, 0) is 25.0 Å². The van der Waals surface area contributed by atoms with Crippen molar-refractivity contribution >= 4 is 0 Å². The molecule has 2 heterocycles. The Kier molecular flexibility index (Phi) is 6.68. The maximum absolute atomic E-state index is 11.0. The Morgan fingerprint density at radius 3 is 2.25 bits per heavy atom. The molecule has 0 aliphatic carbocycles. The number of hydrogen-bond donors (Lipinski definition) is 0. The molecule has 8 heteroatoms. The van der Waals surface area contributed by atoms with Crippen LogP contribution in [0.4, 0.5) is 0 Å². The van der Waals surface area contributed by atoms with E-state index < -0.39 is 34.8 Å². The quantitative estimate of drug-likeness (QED) is 0.432. The summed E-state index contributed by atoms with van der Waals surface area (Å²) in [7, 11) is 0. The number of fused-ring (bicyclic) bond motifs is 1. The zero-order valence-electron chi connectivity index (χ0n) is 18.1. The van der Waals surface area contributed by atoms with E-state index in [1.165, 1.54) is 6.08 Å². The lowest BCUT2D eigenvalue weighted by molar-refractivity contribution is -0.403. The van der Waals surface area contributed by atoms with Crippen molar-refractivity contribution in [3.05, 3.63) is 94.2 Å². The van der Waals surface area contributed by atoms with Gasteiger partial charge in [-0.15, -0.1) is 0 Å². The van der Waals surface area contributed by atoms with Gasteiger partial charge in [0.2, 0.25) is 6.20 Å². The van der Waals surface area contributed by atoms with Crippen LogP contribution in [0.25, 0.3) is 0 Å². The Morgan fingerprint density at radius 1 is 1.00 bits per heavy atom. The summed E-state index contributed by atoms with van der Waals surface area (Å²) in [6.45, 7) is 4.30. The number of ether oxygens (including phenoxy) is 5. The van der Waals surface area contributed by atoms with Crippen LogP contribution in [-0.2, 0) is 36.9 Å². The summed E-state index contributed by atoms with van der Waals surface area (Å²) in [6.07, 6.45) is 0.0724. The summed E-state index contributed by atoms with van der Waals surface area (Å²) in [4.78, 5) is 10.5. The van der Waals surface area contributed by atoms with E-state index in [0.717, 1.165) is 17.3 Å². The molecule has 2 fully saturated rings. The van der Waals surface area contributed by atoms with Crippen molar-refractivity contribution in [1.29, 1.82) is 0 Å². The van der Waals surface area contributed by atoms with Gasteiger partial charge in [-0.2, -0.15) is 0 Å². The second-order valence-corrected chi connectivity index (χ2v) is 8.32. The normalized spacial score (nSPS) is 28.8. The van der Waals surface area contributed by atoms with Gasteiger partial charge >= 0.3 is 0 Å². The molecule has 2 aliphatic heterocycles. The van der Waals surface area contributed by atoms with Gasteiger partial charge in [0.25, 0.3) is 0 Å². The lowest BCUT2D eigenvalue weighted by Gasteiger charge is -2.36. The lowest BCUT2D eigenvalue weighted by Crippen LogP contribution is -2.54. The summed E-state index contributed by atoms with van der Waals surface area (Å²) < 4.78 is 30.6. The molecule has 4 rings (SSSR count). The van der Waals surface area contributed by atoms with Crippen molar-refractivity contribution < 1.29 is 28.6 Å². The van der Waals surface area contributed by atoms with Crippen molar-refractivity contribution in [3.8, 4) is 0 Å². The fraction of sp³-hybridized carbons (Fsp3) is 0.417.